The van der Waals surface area contributed by atoms with Crippen molar-refractivity contribution in [3.8, 4) is 11.5 Å². The Balaban J connectivity index is 1.74. The summed E-state index contributed by atoms with van der Waals surface area (Å²) in [5.41, 5.74) is 3.08. The highest BCUT2D eigenvalue weighted by atomic mass is 35.5. The van der Waals surface area contributed by atoms with Crippen LogP contribution in [0.2, 0.25) is 5.02 Å². The number of halogens is 1. The largest absolute Gasteiger partial charge is 0.493 e. The molecule has 0 saturated heterocycles. The first-order chi connectivity index (χ1) is 16.7. The molecule has 35 heavy (non-hydrogen) atoms. The van der Waals surface area contributed by atoms with Gasteiger partial charge in [-0.3, -0.25) is 9.69 Å². The SMILES string of the molecule is COc1cc2c(cc1OC(C)C)C(c1ccc(Cl)cc1)N(C1CCC(N(C)C(C)O)CC1)C(=O)C2. The van der Waals surface area contributed by atoms with E-state index in [1.54, 1.807) is 14.0 Å². The average molecular weight is 501 g/mol. The van der Waals surface area contributed by atoms with Crippen LogP contribution in [0.5, 0.6) is 11.5 Å². The van der Waals surface area contributed by atoms with Gasteiger partial charge in [-0.25, -0.2) is 0 Å². The maximum absolute atomic E-state index is 13.7. The summed E-state index contributed by atoms with van der Waals surface area (Å²) < 4.78 is 11.7. The third-order valence-electron chi connectivity index (χ3n) is 7.40. The molecule has 1 N–H and O–H groups in total. The lowest BCUT2D eigenvalue weighted by molar-refractivity contribution is -0.137. The number of aliphatic hydroxyl groups excluding tert-OH is 1. The number of carbonyl (C=O) groups is 1. The molecule has 7 heteroatoms. The minimum absolute atomic E-state index is 0.00144. The van der Waals surface area contributed by atoms with Crippen molar-refractivity contribution in [1.29, 1.82) is 0 Å². The van der Waals surface area contributed by atoms with Crippen LogP contribution in [0.3, 0.4) is 0 Å². The fourth-order valence-corrected chi connectivity index (χ4v) is 5.65. The van der Waals surface area contributed by atoms with Crippen LogP contribution in [-0.4, -0.2) is 59.4 Å². The number of hydrogen-bond acceptors (Lipinski definition) is 5. The van der Waals surface area contributed by atoms with Crippen LogP contribution in [0, 0.1) is 0 Å². The normalized spacial score (nSPS) is 23.4. The van der Waals surface area contributed by atoms with Crippen LogP contribution >= 0.6 is 11.6 Å². The Bertz CT molecular complexity index is 1030. The van der Waals surface area contributed by atoms with E-state index < -0.39 is 6.23 Å². The summed E-state index contributed by atoms with van der Waals surface area (Å²) in [5, 5.41) is 10.7. The van der Waals surface area contributed by atoms with Gasteiger partial charge in [0.2, 0.25) is 5.91 Å². The number of ether oxygens (including phenoxy) is 2. The highest BCUT2D eigenvalue weighted by Gasteiger charge is 2.40. The van der Waals surface area contributed by atoms with E-state index in [9.17, 15) is 9.90 Å². The molecular weight excluding hydrogens is 464 g/mol. The van der Waals surface area contributed by atoms with Gasteiger partial charge in [0.1, 0.15) is 6.23 Å². The van der Waals surface area contributed by atoms with Gasteiger partial charge >= 0.3 is 0 Å². The molecule has 4 rings (SSSR count). The molecule has 0 aromatic heterocycles. The standard InChI is InChI=1S/C28H37ClN2O4/c1-17(2)35-26-16-24-20(14-25(26)34-5)15-27(33)31(28(24)19-6-8-21(29)9-7-19)23-12-10-22(11-13-23)30(4)18(3)32/h6-9,14,16-18,22-23,28,32H,10-13,15H2,1-5H3. The van der Waals surface area contributed by atoms with Gasteiger partial charge in [0.15, 0.2) is 11.5 Å². The number of aliphatic hydroxyl groups is 1. The number of fused-ring (bicyclic) bond motifs is 1. The zero-order valence-corrected chi connectivity index (χ0v) is 22.1. The summed E-state index contributed by atoms with van der Waals surface area (Å²) in [6.45, 7) is 5.79. The van der Waals surface area contributed by atoms with Gasteiger partial charge < -0.3 is 19.5 Å². The maximum Gasteiger partial charge on any atom is 0.228 e. The predicted molar refractivity (Wildman–Crippen MR) is 138 cm³/mol. The molecule has 2 aromatic rings. The molecule has 190 valence electrons. The van der Waals surface area contributed by atoms with Gasteiger partial charge in [-0.05, 0) is 94.5 Å². The molecule has 2 atom stereocenters. The molecule has 1 aliphatic carbocycles. The monoisotopic (exact) mass is 500 g/mol. The number of benzene rings is 2. The van der Waals surface area contributed by atoms with Crippen molar-refractivity contribution in [2.45, 2.75) is 83.3 Å². The summed E-state index contributed by atoms with van der Waals surface area (Å²) in [6, 6.07) is 12.0. The van der Waals surface area contributed by atoms with Crippen LogP contribution in [0.4, 0.5) is 0 Å². The predicted octanol–water partition coefficient (Wildman–Crippen LogP) is 5.19. The first-order valence-electron chi connectivity index (χ1n) is 12.5. The fourth-order valence-electron chi connectivity index (χ4n) is 5.53. The first-order valence-corrected chi connectivity index (χ1v) is 12.9. The Morgan fingerprint density at radius 3 is 2.29 bits per heavy atom. The molecule has 1 aliphatic heterocycles. The van der Waals surface area contributed by atoms with Crippen LogP contribution in [0.15, 0.2) is 36.4 Å². The number of hydrogen-bond donors (Lipinski definition) is 1. The van der Waals surface area contributed by atoms with Crippen molar-refractivity contribution in [1.82, 2.24) is 9.80 Å². The number of carbonyl (C=O) groups excluding carboxylic acids is 1. The second-order valence-corrected chi connectivity index (χ2v) is 10.5. The van der Waals surface area contributed by atoms with E-state index in [-0.39, 0.29) is 24.1 Å². The highest BCUT2D eigenvalue weighted by molar-refractivity contribution is 6.30. The van der Waals surface area contributed by atoms with Crippen LogP contribution in [0.1, 0.15) is 69.2 Å². The van der Waals surface area contributed by atoms with Gasteiger partial charge in [-0.1, -0.05) is 23.7 Å². The molecule has 0 radical (unpaired) electrons. The summed E-state index contributed by atoms with van der Waals surface area (Å²) in [5.74, 6) is 1.47. The van der Waals surface area contributed by atoms with Crippen molar-refractivity contribution < 1.29 is 19.4 Å². The average Bonchev–Trinajstić information content (AvgIpc) is 2.83. The molecule has 2 unspecified atom stereocenters. The molecule has 2 aromatic carbocycles. The molecule has 1 fully saturated rings. The fraction of sp³-hybridized carbons (Fsp3) is 0.536. The van der Waals surface area contributed by atoms with Gasteiger partial charge in [0, 0.05) is 17.1 Å². The maximum atomic E-state index is 13.7. The molecule has 1 amide bonds. The van der Waals surface area contributed by atoms with Crippen LogP contribution < -0.4 is 9.47 Å². The van der Waals surface area contributed by atoms with Crippen molar-refractivity contribution >= 4 is 17.5 Å². The highest BCUT2D eigenvalue weighted by Crippen LogP contribution is 2.44. The van der Waals surface area contributed by atoms with E-state index in [0.717, 1.165) is 42.4 Å². The Hall–Kier alpha value is -2.28. The molecule has 0 bridgehead atoms. The molecule has 1 heterocycles. The van der Waals surface area contributed by atoms with Gasteiger partial charge in [-0.2, -0.15) is 0 Å². The van der Waals surface area contributed by atoms with E-state index in [0.29, 0.717) is 29.0 Å². The van der Waals surface area contributed by atoms with Crippen molar-refractivity contribution in [2.24, 2.45) is 0 Å². The molecule has 6 nitrogen and oxygen atoms in total. The molecular formula is C28H37ClN2O4. The molecule has 2 aliphatic rings. The lowest BCUT2D eigenvalue weighted by Gasteiger charge is -2.46. The second-order valence-electron chi connectivity index (χ2n) is 10.1. The number of rotatable bonds is 7. The molecule has 1 saturated carbocycles. The summed E-state index contributed by atoms with van der Waals surface area (Å²) in [7, 11) is 3.60. The van der Waals surface area contributed by atoms with Crippen LogP contribution in [0.25, 0.3) is 0 Å². The first kappa shape index (κ1) is 25.8. The zero-order chi connectivity index (χ0) is 25.3. The second kappa shape index (κ2) is 10.8. The van der Waals surface area contributed by atoms with E-state index in [1.165, 1.54) is 0 Å². The van der Waals surface area contributed by atoms with E-state index >= 15 is 0 Å². The number of amides is 1. The van der Waals surface area contributed by atoms with E-state index in [2.05, 4.69) is 11.0 Å². The Morgan fingerprint density at radius 2 is 1.71 bits per heavy atom. The molecule has 0 spiro atoms. The quantitative estimate of drug-likeness (QED) is 0.530. The third-order valence-corrected chi connectivity index (χ3v) is 7.65. The van der Waals surface area contributed by atoms with Crippen LogP contribution in [-0.2, 0) is 11.2 Å². The Labute approximate surface area is 213 Å². The van der Waals surface area contributed by atoms with E-state index in [1.807, 2.05) is 56.1 Å². The minimum atomic E-state index is -0.476. The van der Waals surface area contributed by atoms with Crippen molar-refractivity contribution in [3.63, 3.8) is 0 Å². The summed E-state index contributed by atoms with van der Waals surface area (Å²) in [6.07, 6.45) is 3.55. The van der Waals surface area contributed by atoms with Crippen molar-refractivity contribution in [2.75, 3.05) is 14.2 Å². The lowest BCUT2D eigenvalue weighted by Crippen LogP contribution is -2.50. The van der Waals surface area contributed by atoms with E-state index in [4.69, 9.17) is 21.1 Å². The third kappa shape index (κ3) is 5.45. The summed E-state index contributed by atoms with van der Waals surface area (Å²) in [4.78, 5) is 17.8. The van der Waals surface area contributed by atoms with Gasteiger partial charge in [0.05, 0.1) is 25.7 Å². The van der Waals surface area contributed by atoms with Gasteiger partial charge in [0.25, 0.3) is 0 Å². The smallest absolute Gasteiger partial charge is 0.228 e. The number of methoxy groups -OCH3 is 1. The Morgan fingerprint density at radius 1 is 1.06 bits per heavy atom. The lowest BCUT2D eigenvalue weighted by atomic mass is 9.82. The topological polar surface area (TPSA) is 62.2 Å². The Kier molecular flexibility index (Phi) is 7.94. The number of nitrogens with zero attached hydrogens (tertiary/aromatic N) is 2. The zero-order valence-electron chi connectivity index (χ0n) is 21.3. The van der Waals surface area contributed by atoms with Crippen molar-refractivity contribution in [3.05, 3.63) is 58.1 Å². The summed E-state index contributed by atoms with van der Waals surface area (Å²) >= 11 is 6.22. The minimum Gasteiger partial charge on any atom is -0.493 e. The van der Waals surface area contributed by atoms with Gasteiger partial charge in [-0.15, -0.1) is 0 Å².